The van der Waals surface area contributed by atoms with Crippen LogP contribution in [-0.4, -0.2) is 0 Å². The molecule has 0 unspecified atom stereocenters. The molecule has 0 aliphatic heterocycles. The first-order valence-corrected chi connectivity index (χ1v) is 6.44. The van der Waals surface area contributed by atoms with Gasteiger partial charge in [0.25, 0.3) is 0 Å². The summed E-state index contributed by atoms with van der Waals surface area (Å²) in [5.41, 5.74) is 8.87. The van der Waals surface area contributed by atoms with Crippen LogP contribution in [0.2, 0.25) is 0 Å². The Labute approximate surface area is 115 Å². The average molecular weight is 339 g/mol. The van der Waals surface area contributed by atoms with Gasteiger partial charge in [-0.15, -0.1) is 0 Å². The SMILES string of the molecule is Cc1ccc(C)c(Oc2ccc(I)cc2N)c1. The summed E-state index contributed by atoms with van der Waals surface area (Å²) in [5.74, 6) is 1.57. The number of ether oxygens (including phenoxy) is 1. The van der Waals surface area contributed by atoms with Crippen LogP contribution in [0.1, 0.15) is 11.1 Å². The van der Waals surface area contributed by atoms with E-state index >= 15 is 0 Å². The molecule has 0 aromatic heterocycles. The quantitative estimate of drug-likeness (QED) is 0.655. The lowest BCUT2D eigenvalue weighted by Gasteiger charge is -2.11. The van der Waals surface area contributed by atoms with E-state index in [0.717, 1.165) is 14.9 Å². The molecule has 17 heavy (non-hydrogen) atoms. The fourth-order valence-electron chi connectivity index (χ4n) is 1.55. The van der Waals surface area contributed by atoms with Crippen LogP contribution in [0, 0.1) is 17.4 Å². The minimum atomic E-state index is 0.665. The van der Waals surface area contributed by atoms with E-state index in [0.29, 0.717) is 11.4 Å². The molecule has 0 fully saturated rings. The Morgan fingerprint density at radius 1 is 1.00 bits per heavy atom. The Morgan fingerprint density at radius 3 is 2.47 bits per heavy atom. The molecular formula is C14H14INO. The van der Waals surface area contributed by atoms with Crippen molar-refractivity contribution in [3.63, 3.8) is 0 Å². The highest BCUT2D eigenvalue weighted by atomic mass is 127. The number of rotatable bonds is 2. The van der Waals surface area contributed by atoms with Crippen molar-refractivity contribution >= 4 is 28.3 Å². The second-order valence-corrected chi connectivity index (χ2v) is 5.30. The number of nitrogens with two attached hydrogens (primary N) is 1. The maximum Gasteiger partial charge on any atom is 0.150 e. The van der Waals surface area contributed by atoms with Crippen LogP contribution in [0.15, 0.2) is 36.4 Å². The van der Waals surface area contributed by atoms with Crippen LogP contribution >= 0.6 is 22.6 Å². The van der Waals surface area contributed by atoms with E-state index < -0.39 is 0 Å². The molecule has 3 heteroatoms. The molecule has 0 bridgehead atoms. The molecule has 0 amide bonds. The zero-order valence-electron chi connectivity index (χ0n) is 9.83. The first-order valence-electron chi connectivity index (χ1n) is 5.36. The zero-order chi connectivity index (χ0) is 12.4. The van der Waals surface area contributed by atoms with Gasteiger partial charge in [0.15, 0.2) is 0 Å². The molecule has 0 aliphatic carbocycles. The van der Waals surface area contributed by atoms with E-state index in [9.17, 15) is 0 Å². The predicted molar refractivity (Wildman–Crippen MR) is 79.6 cm³/mol. The van der Waals surface area contributed by atoms with E-state index in [-0.39, 0.29) is 0 Å². The van der Waals surface area contributed by atoms with Crippen molar-refractivity contribution in [3.05, 3.63) is 51.1 Å². The van der Waals surface area contributed by atoms with Gasteiger partial charge in [0.05, 0.1) is 5.69 Å². The maximum atomic E-state index is 5.93. The van der Waals surface area contributed by atoms with Gasteiger partial charge in [-0.3, -0.25) is 0 Å². The second-order valence-electron chi connectivity index (χ2n) is 4.05. The highest BCUT2D eigenvalue weighted by molar-refractivity contribution is 14.1. The van der Waals surface area contributed by atoms with Crippen molar-refractivity contribution in [2.45, 2.75) is 13.8 Å². The number of hydrogen-bond acceptors (Lipinski definition) is 2. The normalized spacial score (nSPS) is 10.3. The fraction of sp³-hybridized carbons (Fsp3) is 0.143. The topological polar surface area (TPSA) is 35.2 Å². The summed E-state index contributed by atoms with van der Waals surface area (Å²) in [5, 5.41) is 0. The van der Waals surface area contributed by atoms with Gasteiger partial charge < -0.3 is 10.5 Å². The maximum absolute atomic E-state index is 5.93. The first-order chi connectivity index (χ1) is 8.06. The smallest absolute Gasteiger partial charge is 0.150 e. The van der Waals surface area contributed by atoms with Crippen LogP contribution in [0.3, 0.4) is 0 Å². The van der Waals surface area contributed by atoms with Gasteiger partial charge >= 0.3 is 0 Å². The second kappa shape index (κ2) is 4.96. The molecule has 0 atom stereocenters. The van der Waals surface area contributed by atoms with Crippen molar-refractivity contribution in [2.75, 3.05) is 5.73 Å². The number of hydrogen-bond donors (Lipinski definition) is 1. The van der Waals surface area contributed by atoms with E-state index in [1.165, 1.54) is 5.56 Å². The summed E-state index contributed by atoms with van der Waals surface area (Å²) in [6, 6.07) is 11.9. The number of nitrogen functional groups attached to an aromatic ring is 1. The lowest BCUT2D eigenvalue weighted by molar-refractivity contribution is 0.481. The molecule has 0 heterocycles. The molecule has 0 spiro atoms. The highest BCUT2D eigenvalue weighted by Crippen LogP contribution is 2.31. The lowest BCUT2D eigenvalue weighted by Crippen LogP contribution is -1.94. The van der Waals surface area contributed by atoms with Crippen LogP contribution < -0.4 is 10.5 Å². The van der Waals surface area contributed by atoms with Gasteiger partial charge in [-0.2, -0.15) is 0 Å². The number of halogens is 1. The third kappa shape index (κ3) is 2.91. The minimum absolute atomic E-state index is 0.665. The summed E-state index contributed by atoms with van der Waals surface area (Å²) in [6.45, 7) is 4.07. The zero-order valence-corrected chi connectivity index (χ0v) is 12.0. The van der Waals surface area contributed by atoms with Crippen molar-refractivity contribution in [1.29, 1.82) is 0 Å². The van der Waals surface area contributed by atoms with Gasteiger partial charge in [-0.05, 0) is 71.8 Å². The Kier molecular flexibility index (Phi) is 3.57. The Bertz CT molecular complexity index is 552. The first kappa shape index (κ1) is 12.2. The molecule has 2 nitrogen and oxygen atoms in total. The monoisotopic (exact) mass is 339 g/mol. The van der Waals surface area contributed by atoms with Crippen LogP contribution in [0.4, 0.5) is 5.69 Å². The third-order valence-electron chi connectivity index (χ3n) is 2.54. The van der Waals surface area contributed by atoms with Crippen molar-refractivity contribution < 1.29 is 4.74 Å². The van der Waals surface area contributed by atoms with Crippen LogP contribution in [0.5, 0.6) is 11.5 Å². The van der Waals surface area contributed by atoms with Gasteiger partial charge in [0.1, 0.15) is 11.5 Å². The van der Waals surface area contributed by atoms with E-state index in [1.54, 1.807) is 0 Å². The Balaban J connectivity index is 2.34. The summed E-state index contributed by atoms with van der Waals surface area (Å²) in [4.78, 5) is 0. The van der Waals surface area contributed by atoms with Crippen LogP contribution in [0.25, 0.3) is 0 Å². The Morgan fingerprint density at radius 2 is 1.76 bits per heavy atom. The van der Waals surface area contributed by atoms with Crippen molar-refractivity contribution in [2.24, 2.45) is 0 Å². The number of benzene rings is 2. The van der Waals surface area contributed by atoms with Gasteiger partial charge in [0.2, 0.25) is 0 Å². The highest BCUT2D eigenvalue weighted by Gasteiger charge is 2.05. The largest absolute Gasteiger partial charge is 0.455 e. The van der Waals surface area contributed by atoms with Crippen LogP contribution in [-0.2, 0) is 0 Å². The predicted octanol–water partition coefficient (Wildman–Crippen LogP) is 4.28. The average Bonchev–Trinajstić information content (AvgIpc) is 2.27. The third-order valence-corrected chi connectivity index (χ3v) is 3.21. The molecule has 88 valence electrons. The molecule has 2 rings (SSSR count). The van der Waals surface area contributed by atoms with Crippen molar-refractivity contribution in [3.8, 4) is 11.5 Å². The molecule has 2 aromatic carbocycles. The van der Waals surface area contributed by atoms with Gasteiger partial charge in [0, 0.05) is 3.57 Å². The summed E-state index contributed by atoms with van der Waals surface area (Å²) < 4.78 is 6.95. The molecule has 2 aromatic rings. The molecular weight excluding hydrogens is 325 g/mol. The molecule has 0 radical (unpaired) electrons. The summed E-state index contributed by atoms with van der Waals surface area (Å²) in [7, 11) is 0. The molecule has 0 aliphatic rings. The summed E-state index contributed by atoms with van der Waals surface area (Å²) >= 11 is 2.23. The van der Waals surface area contributed by atoms with E-state index in [4.69, 9.17) is 10.5 Å². The van der Waals surface area contributed by atoms with E-state index in [2.05, 4.69) is 28.7 Å². The van der Waals surface area contributed by atoms with Crippen molar-refractivity contribution in [1.82, 2.24) is 0 Å². The Hall–Kier alpha value is -1.23. The summed E-state index contributed by atoms with van der Waals surface area (Å²) in [6.07, 6.45) is 0. The number of aryl methyl sites for hydroxylation is 2. The fourth-order valence-corrected chi connectivity index (χ4v) is 2.06. The molecule has 0 saturated carbocycles. The molecule has 2 N–H and O–H groups in total. The minimum Gasteiger partial charge on any atom is -0.455 e. The standard InChI is InChI=1S/C14H14INO/c1-9-3-4-10(2)14(7-9)17-13-6-5-11(15)8-12(13)16/h3-8H,16H2,1-2H3. The van der Waals surface area contributed by atoms with Gasteiger partial charge in [-0.25, -0.2) is 0 Å². The van der Waals surface area contributed by atoms with Gasteiger partial charge in [-0.1, -0.05) is 12.1 Å². The van der Waals surface area contributed by atoms with E-state index in [1.807, 2.05) is 44.2 Å². The molecule has 0 saturated heterocycles. The lowest BCUT2D eigenvalue weighted by atomic mass is 10.1. The number of anilines is 1.